The van der Waals surface area contributed by atoms with Crippen LogP contribution in [0.5, 0.6) is 0 Å². The van der Waals surface area contributed by atoms with E-state index >= 15 is 0 Å². The Kier molecular flexibility index (Phi) is 5.53. The quantitative estimate of drug-likeness (QED) is 0.883. The Hall–Kier alpha value is -1.44. The van der Waals surface area contributed by atoms with Crippen molar-refractivity contribution in [2.75, 3.05) is 62.3 Å². The summed E-state index contributed by atoms with van der Waals surface area (Å²) in [6, 6.07) is 5.55. The maximum Gasteiger partial charge on any atom is 0.282 e. The van der Waals surface area contributed by atoms with Crippen molar-refractivity contribution in [2.45, 2.75) is 0 Å². The molecule has 0 aromatic heterocycles. The fourth-order valence-electron chi connectivity index (χ4n) is 2.86. The van der Waals surface area contributed by atoms with Crippen LogP contribution in [0.25, 0.3) is 0 Å². The van der Waals surface area contributed by atoms with Crippen LogP contribution in [0.15, 0.2) is 18.2 Å². The molecule has 1 aromatic carbocycles. The van der Waals surface area contributed by atoms with E-state index in [9.17, 15) is 9.59 Å². The van der Waals surface area contributed by atoms with Gasteiger partial charge in [0.15, 0.2) is 0 Å². The van der Waals surface area contributed by atoms with Crippen LogP contribution in [0.2, 0.25) is 5.02 Å². The van der Waals surface area contributed by atoms with E-state index in [0.717, 1.165) is 37.6 Å². The van der Waals surface area contributed by atoms with E-state index in [1.807, 2.05) is 12.1 Å². The molecule has 2 heterocycles. The van der Waals surface area contributed by atoms with Crippen LogP contribution < -0.4 is 10.2 Å². The molecule has 8 heteroatoms. The standard InChI is InChI=1S/C16H21ClN4O2S/c1-19-4-6-20(7-5-19)14-3-2-12(17)10-13(14)18-15(22)11-21-8-9-24-16(21)23/h2-3,10H,4-9,11H2,1H3,(H,18,22). The van der Waals surface area contributed by atoms with Crippen molar-refractivity contribution in [3.05, 3.63) is 23.2 Å². The number of carbonyl (C=O) groups is 2. The van der Waals surface area contributed by atoms with Crippen molar-refractivity contribution >= 4 is 45.9 Å². The van der Waals surface area contributed by atoms with Crippen molar-refractivity contribution in [2.24, 2.45) is 0 Å². The molecule has 0 radical (unpaired) electrons. The lowest BCUT2D eigenvalue weighted by atomic mass is 10.2. The van der Waals surface area contributed by atoms with E-state index in [-0.39, 0.29) is 17.7 Å². The highest BCUT2D eigenvalue weighted by atomic mass is 35.5. The molecule has 2 fully saturated rings. The predicted molar refractivity (Wildman–Crippen MR) is 99.2 cm³/mol. The van der Waals surface area contributed by atoms with Gasteiger partial charge in [0.25, 0.3) is 5.24 Å². The van der Waals surface area contributed by atoms with Crippen molar-refractivity contribution in [3.8, 4) is 0 Å². The minimum atomic E-state index is -0.191. The monoisotopic (exact) mass is 368 g/mol. The van der Waals surface area contributed by atoms with E-state index in [0.29, 0.717) is 17.3 Å². The number of anilines is 2. The Morgan fingerprint density at radius 3 is 2.67 bits per heavy atom. The number of rotatable bonds is 4. The number of halogens is 1. The number of likely N-dealkylation sites (N-methyl/N-ethyl adjacent to an activating group) is 1. The van der Waals surface area contributed by atoms with E-state index in [2.05, 4.69) is 22.2 Å². The molecule has 0 bridgehead atoms. The molecule has 24 heavy (non-hydrogen) atoms. The molecule has 130 valence electrons. The summed E-state index contributed by atoms with van der Waals surface area (Å²) < 4.78 is 0. The molecular formula is C16H21ClN4O2S. The summed E-state index contributed by atoms with van der Waals surface area (Å²) in [6.07, 6.45) is 0. The molecule has 0 spiro atoms. The maximum absolute atomic E-state index is 12.3. The summed E-state index contributed by atoms with van der Waals surface area (Å²) in [5.74, 6) is 0.555. The Morgan fingerprint density at radius 2 is 2.00 bits per heavy atom. The SMILES string of the molecule is CN1CCN(c2ccc(Cl)cc2NC(=O)CN2CCSC2=O)CC1. The number of carbonyl (C=O) groups excluding carboxylic acids is 2. The molecule has 0 atom stereocenters. The molecule has 0 aliphatic carbocycles. The summed E-state index contributed by atoms with van der Waals surface area (Å²) >= 11 is 7.37. The third-order valence-corrected chi connectivity index (χ3v) is 5.38. The first-order valence-corrected chi connectivity index (χ1v) is 9.34. The number of thioether (sulfide) groups is 1. The summed E-state index contributed by atoms with van der Waals surface area (Å²) in [4.78, 5) is 30.1. The highest BCUT2D eigenvalue weighted by Crippen LogP contribution is 2.30. The third-order valence-electron chi connectivity index (χ3n) is 4.26. The Bertz CT molecular complexity index is 635. The molecular weight excluding hydrogens is 348 g/mol. The molecule has 3 rings (SSSR count). The minimum Gasteiger partial charge on any atom is -0.367 e. The molecule has 1 N–H and O–H groups in total. The largest absolute Gasteiger partial charge is 0.367 e. The van der Waals surface area contributed by atoms with Gasteiger partial charge in [0.05, 0.1) is 11.4 Å². The summed E-state index contributed by atoms with van der Waals surface area (Å²) in [5, 5.41) is 3.47. The average molecular weight is 369 g/mol. The van der Waals surface area contributed by atoms with Gasteiger partial charge >= 0.3 is 0 Å². The van der Waals surface area contributed by atoms with Crippen molar-refractivity contribution in [3.63, 3.8) is 0 Å². The first-order chi connectivity index (χ1) is 11.5. The maximum atomic E-state index is 12.3. The fraction of sp³-hybridized carbons (Fsp3) is 0.500. The van der Waals surface area contributed by atoms with E-state index < -0.39 is 0 Å². The number of hydrogen-bond donors (Lipinski definition) is 1. The van der Waals surface area contributed by atoms with Gasteiger partial charge in [-0.25, -0.2) is 0 Å². The van der Waals surface area contributed by atoms with Crippen LogP contribution in [0.1, 0.15) is 0 Å². The van der Waals surface area contributed by atoms with E-state index in [1.165, 1.54) is 11.8 Å². The first-order valence-electron chi connectivity index (χ1n) is 7.97. The fourth-order valence-corrected chi connectivity index (χ4v) is 3.86. The molecule has 2 saturated heterocycles. The first kappa shape index (κ1) is 17.4. The van der Waals surface area contributed by atoms with Crippen LogP contribution in [-0.2, 0) is 4.79 Å². The summed E-state index contributed by atoms with van der Waals surface area (Å²) in [5.41, 5.74) is 1.68. The van der Waals surface area contributed by atoms with Gasteiger partial charge in [-0.15, -0.1) is 0 Å². The van der Waals surface area contributed by atoms with Gasteiger partial charge in [-0.3, -0.25) is 9.59 Å². The lowest BCUT2D eigenvalue weighted by molar-refractivity contribution is -0.116. The second-order valence-electron chi connectivity index (χ2n) is 6.04. The number of nitrogens with one attached hydrogen (secondary N) is 1. The topological polar surface area (TPSA) is 55.9 Å². The lowest BCUT2D eigenvalue weighted by Crippen LogP contribution is -2.44. The van der Waals surface area contributed by atoms with Gasteiger partial charge in [-0.1, -0.05) is 23.4 Å². The number of hydrogen-bond acceptors (Lipinski definition) is 5. The van der Waals surface area contributed by atoms with Crippen LogP contribution in [0.3, 0.4) is 0 Å². The van der Waals surface area contributed by atoms with Crippen LogP contribution in [-0.4, -0.2) is 73.0 Å². The zero-order chi connectivity index (χ0) is 17.1. The Labute approximate surface area is 151 Å². The van der Waals surface area contributed by atoms with Crippen molar-refractivity contribution < 1.29 is 9.59 Å². The molecule has 2 aliphatic heterocycles. The Morgan fingerprint density at radius 1 is 1.25 bits per heavy atom. The highest BCUT2D eigenvalue weighted by Gasteiger charge is 2.24. The van der Waals surface area contributed by atoms with Gasteiger partial charge in [0.1, 0.15) is 6.54 Å². The van der Waals surface area contributed by atoms with Gasteiger partial charge in [-0.05, 0) is 25.2 Å². The third kappa shape index (κ3) is 4.15. The average Bonchev–Trinajstić information content (AvgIpc) is 2.94. The summed E-state index contributed by atoms with van der Waals surface area (Å²) in [6.45, 7) is 4.48. The number of nitrogens with zero attached hydrogens (tertiary/aromatic N) is 3. The van der Waals surface area contributed by atoms with Gasteiger partial charge in [-0.2, -0.15) is 0 Å². The molecule has 1 aromatic rings. The van der Waals surface area contributed by atoms with Crippen LogP contribution >= 0.6 is 23.4 Å². The summed E-state index contributed by atoms with van der Waals surface area (Å²) in [7, 11) is 2.10. The van der Waals surface area contributed by atoms with Crippen molar-refractivity contribution in [1.82, 2.24) is 9.80 Å². The normalized spacial score (nSPS) is 19.0. The van der Waals surface area contributed by atoms with Gasteiger partial charge in [0, 0.05) is 43.5 Å². The zero-order valence-electron chi connectivity index (χ0n) is 13.6. The van der Waals surface area contributed by atoms with E-state index in [4.69, 9.17) is 11.6 Å². The highest BCUT2D eigenvalue weighted by molar-refractivity contribution is 8.13. The minimum absolute atomic E-state index is 0.0319. The Balaban J connectivity index is 1.70. The van der Waals surface area contributed by atoms with Gasteiger partial charge < -0.3 is 20.0 Å². The lowest BCUT2D eigenvalue weighted by Gasteiger charge is -2.35. The van der Waals surface area contributed by atoms with Crippen LogP contribution in [0, 0.1) is 0 Å². The molecule has 0 saturated carbocycles. The number of benzene rings is 1. The zero-order valence-corrected chi connectivity index (χ0v) is 15.2. The van der Waals surface area contributed by atoms with Gasteiger partial charge in [0.2, 0.25) is 5.91 Å². The number of piperazine rings is 1. The van der Waals surface area contributed by atoms with E-state index in [1.54, 1.807) is 11.0 Å². The molecule has 6 nitrogen and oxygen atoms in total. The number of amides is 2. The molecule has 2 amide bonds. The molecule has 0 unspecified atom stereocenters. The van der Waals surface area contributed by atoms with Crippen molar-refractivity contribution in [1.29, 1.82) is 0 Å². The predicted octanol–water partition coefficient (Wildman–Crippen LogP) is 2.20. The van der Waals surface area contributed by atoms with Crippen LogP contribution in [0.4, 0.5) is 16.2 Å². The second kappa shape index (κ2) is 7.63. The molecule has 2 aliphatic rings. The smallest absolute Gasteiger partial charge is 0.282 e. The second-order valence-corrected chi connectivity index (χ2v) is 7.52.